The summed E-state index contributed by atoms with van der Waals surface area (Å²) in [4.78, 5) is 4.18. The summed E-state index contributed by atoms with van der Waals surface area (Å²) in [6.07, 6.45) is 16.4. The number of hydrogen-bond acceptors (Lipinski definition) is 1. The molecule has 0 saturated carbocycles. The highest BCUT2D eigenvalue weighted by Crippen LogP contribution is 2.44. The van der Waals surface area contributed by atoms with Crippen molar-refractivity contribution in [2.45, 2.75) is 109 Å². The molecule has 2 atom stereocenters. The van der Waals surface area contributed by atoms with Crippen molar-refractivity contribution in [1.82, 2.24) is 4.98 Å². The second kappa shape index (κ2) is 11.3. The average molecular weight is 412 g/mol. The van der Waals surface area contributed by atoms with E-state index >= 15 is 0 Å². The predicted octanol–water partition coefficient (Wildman–Crippen LogP) is 8.39. The SMILES string of the molecule is C=CCCCCCC[Si](C)(NC(C)(C)C)C1C=C(CCCCC)c2ccccc21. The Labute approximate surface area is 182 Å². The van der Waals surface area contributed by atoms with E-state index < -0.39 is 8.24 Å². The van der Waals surface area contributed by atoms with Gasteiger partial charge in [-0.1, -0.05) is 82.0 Å². The highest BCUT2D eigenvalue weighted by Gasteiger charge is 2.42. The molecule has 1 aliphatic carbocycles. The van der Waals surface area contributed by atoms with Crippen molar-refractivity contribution in [3.63, 3.8) is 0 Å². The number of unbranched alkanes of at least 4 members (excludes halogenated alkanes) is 6. The molecule has 0 aliphatic heterocycles. The molecule has 1 aromatic rings. The summed E-state index contributed by atoms with van der Waals surface area (Å²) in [5.74, 6) is 0. The van der Waals surface area contributed by atoms with Crippen LogP contribution in [0.15, 0.2) is 43.0 Å². The minimum Gasteiger partial charge on any atom is -0.332 e. The molecule has 0 heterocycles. The largest absolute Gasteiger partial charge is 0.332 e. The van der Waals surface area contributed by atoms with Gasteiger partial charge >= 0.3 is 0 Å². The molecule has 1 nitrogen and oxygen atoms in total. The Balaban J connectivity index is 2.20. The third-order valence-electron chi connectivity index (χ3n) is 6.26. The molecule has 1 aromatic carbocycles. The Morgan fingerprint density at radius 3 is 2.45 bits per heavy atom. The molecule has 0 bridgehead atoms. The molecular weight excluding hydrogens is 366 g/mol. The van der Waals surface area contributed by atoms with Gasteiger partial charge in [0.1, 0.15) is 8.24 Å². The minimum absolute atomic E-state index is 0.164. The van der Waals surface area contributed by atoms with E-state index in [4.69, 9.17) is 0 Å². The molecule has 0 amide bonds. The summed E-state index contributed by atoms with van der Waals surface area (Å²) >= 11 is 0. The molecule has 2 heteroatoms. The lowest BCUT2D eigenvalue weighted by Crippen LogP contribution is -2.59. The van der Waals surface area contributed by atoms with Gasteiger partial charge in [0.2, 0.25) is 0 Å². The zero-order valence-corrected chi connectivity index (χ0v) is 20.8. The topological polar surface area (TPSA) is 12.0 Å². The average Bonchev–Trinajstić information content (AvgIpc) is 3.03. The number of hydrogen-bond donors (Lipinski definition) is 1. The maximum Gasteiger partial charge on any atom is 0.134 e. The second-order valence-corrected chi connectivity index (χ2v) is 14.5. The molecule has 0 spiro atoms. The lowest BCUT2D eigenvalue weighted by molar-refractivity contribution is 0.503. The van der Waals surface area contributed by atoms with E-state index in [-0.39, 0.29) is 5.54 Å². The van der Waals surface area contributed by atoms with Crippen molar-refractivity contribution in [2.24, 2.45) is 0 Å². The fourth-order valence-electron chi connectivity index (χ4n) is 5.04. The minimum atomic E-state index is -1.71. The van der Waals surface area contributed by atoms with Crippen LogP contribution in [0.25, 0.3) is 5.57 Å². The van der Waals surface area contributed by atoms with Crippen LogP contribution in [0.3, 0.4) is 0 Å². The number of rotatable bonds is 13. The van der Waals surface area contributed by atoms with Crippen LogP contribution in [-0.2, 0) is 0 Å². The second-order valence-electron chi connectivity index (χ2n) is 10.2. The van der Waals surface area contributed by atoms with Gasteiger partial charge < -0.3 is 4.98 Å². The molecule has 0 saturated heterocycles. The van der Waals surface area contributed by atoms with Gasteiger partial charge in [-0.15, -0.1) is 6.58 Å². The predicted molar refractivity (Wildman–Crippen MR) is 134 cm³/mol. The normalized spacial score (nSPS) is 18.2. The van der Waals surface area contributed by atoms with Crippen LogP contribution in [0, 0.1) is 0 Å². The summed E-state index contributed by atoms with van der Waals surface area (Å²) < 4.78 is 0. The van der Waals surface area contributed by atoms with E-state index in [0.29, 0.717) is 5.54 Å². The van der Waals surface area contributed by atoms with Crippen molar-refractivity contribution < 1.29 is 0 Å². The van der Waals surface area contributed by atoms with E-state index in [1.54, 1.807) is 11.1 Å². The summed E-state index contributed by atoms with van der Waals surface area (Å²) in [7, 11) is -1.71. The van der Waals surface area contributed by atoms with Gasteiger partial charge in [-0.25, -0.2) is 0 Å². The molecule has 29 heavy (non-hydrogen) atoms. The molecule has 0 aromatic heterocycles. The van der Waals surface area contributed by atoms with Crippen molar-refractivity contribution in [1.29, 1.82) is 0 Å². The van der Waals surface area contributed by atoms with Crippen LogP contribution in [-0.4, -0.2) is 13.8 Å². The molecule has 2 rings (SSSR count). The Morgan fingerprint density at radius 2 is 1.76 bits per heavy atom. The lowest BCUT2D eigenvalue weighted by atomic mass is 10.0. The number of nitrogens with one attached hydrogen (secondary N) is 1. The lowest BCUT2D eigenvalue weighted by Gasteiger charge is -2.40. The van der Waals surface area contributed by atoms with Crippen LogP contribution < -0.4 is 4.98 Å². The zero-order chi connectivity index (χ0) is 21.3. The van der Waals surface area contributed by atoms with Crippen LogP contribution in [0.5, 0.6) is 0 Å². The van der Waals surface area contributed by atoms with Gasteiger partial charge in [0.05, 0.1) is 0 Å². The third kappa shape index (κ3) is 7.26. The molecule has 0 radical (unpaired) electrons. The Morgan fingerprint density at radius 1 is 1.03 bits per heavy atom. The van der Waals surface area contributed by atoms with E-state index in [1.807, 2.05) is 0 Å². The van der Waals surface area contributed by atoms with E-state index in [9.17, 15) is 0 Å². The first-order chi connectivity index (χ1) is 13.8. The number of fused-ring (bicyclic) bond motifs is 1. The number of allylic oxidation sites excluding steroid dienone is 3. The Hall–Kier alpha value is -1.12. The van der Waals surface area contributed by atoms with Gasteiger partial charge in [-0.3, -0.25) is 0 Å². The van der Waals surface area contributed by atoms with E-state index in [2.05, 4.69) is 82.2 Å². The van der Waals surface area contributed by atoms with Gasteiger partial charge in [-0.05, 0) is 69.2 Å². The van der Waals surface area contributed by atoms with Crippen LogP contribution in [0.2, 0.25) is 12.6 Å². The fraction of sp³-hybridized carbons (Fsp3) is 0.630. The van der Waals surface area contributed by atoms with Crippen molar-refractivity contribution in [2.75, 3.05) is 0 Å². The maximum atomic E-state index is 4.18. The Kier molecular flexibility index (Phi) is 9.42. The first kappa shape index (κ1) is 24.1. The Bertz CT molecular complexity index is 669. The summed E-state index contributed by atoms with van der Waals surface area (Å²) in [5.41, 5.74) is 5.50. The summed E-state index contributed by atoms with van der Waals surface area (Å²) in [6, 6.07) is 10.6. The van der Waals surface area contributed by atoms with Gasteiger partial charge in [0.15, 0.2) is 0 Å². The van der Waals surface area contributed by atoms with E-state index in [1.165, 1.54) is 63.0 Å². The standard InChI is InChI=1S/C27H45NSi/c1-7-9-11-12-13-17-21-29(6,28-27(3,4)5)26-22-23(18-14-10-8-2)24-19-15-16-20-25(24)26/h7,15-16,19-20,22,26,28H,1,8-14,17-18,21H2,2-6H3. The smallest absolute Gasteiger partial charge is 0.134 e. The fourth-order valence-corrected chi connectivity index (χ4v) is 9.84. The molecule has 1 aliphatic rings. The first-order valence-electron chi connectivity index (χ1n) is 12.0. The first-order valence-corrected chi connectivity index (χ1v) is 14.8. The highest BCUT2D eigenvalue weighted by atomic mass is 28.3. The maximum absolute atomic E-state index is 4.18. The zero-order valence-electron chi connectivity index (χ0n) is 19.8. The summed E-state index contributed by atoms with van der Waals surface area (Å²) in [5, 5.41) is 0. The van der Waals surface area contributed by atoms with Crippen molar-refractivity contribution in [3.05, 3.63) is 54.1 Å². The molecule has 1 N–H and O–H groups in total. The van der Waals surface area contributed by atoms with Gasteiger partial charge in [0.25, 0.3) is 0 Å². The van der Waals surface area contributed by atoms with Crippen LogP contribution in [0.1, 0.15) is 102 Å². The van der Waals surface area contributed by atoms with Gasteiger partial charge in [0, 0.05) is 11.1 Å². The third-order valence-corrected chi connectivity index (χ3v) is 10.8. The molecular formula is C27H45NSi. The highest BCUT2D eigenvalue weighted by molar-refractivity contribution is 6.78. The van der Waals surface area contributed by atoms with Crippen molar-refractivity contribution in [3.8, 4) is 0 Å². The van der Waals surface area contributed by atoms with E-state index in [0.717, 1.165) is 6.42 Å². The van der Waals surface area contributed by atoms with Crippen molar-refractivity contribution >= 4 is 13.8 Å². The molecule has 0 fully saturated rings. The monoisotopic (exact) mass is 411 g/mol. The quantitative estimate of drug-likeness (QED) is 0.195. The summed E-state index contributed by atoms with van der Waals surface area (Å²) in [6.45, 7) is 15.8. The number of benzene rings is 1. The molecule has 162 valence electrons. The molecule has 2 unspecified atom stereocenters. The van der Waals surface area contributed by atoms with Crippen LogP contribution >= 0.6 is 0 Å². The van der Waals surface area contributed by atoms with Crippen LogP contribution in [0.4, 0.5) is 0 Å². The van der Waals surface area contributed by atoms with Gasteiger partial charge in [-0.2, -0.15) is 0 Å².